The third-order valence-electron chi connectivity index (χ3n) is 2.42. The van der Waals surface area contributed by atoms with Gasteiger partial charge in [-0.1, -0.05) is 11.6 Å². The van der Waals surface area contributed by atoms with Gasteiger partial charge in [-0.25, -0.2) is 13.4 Å². The minimum absolute atomic E-state index is 0.0993. The van der Waals surface area contributed by atoms with Crippen LogP contribution in [0.1, 0.15) is 11.3 Å². The molecule has 0 saturated heterocycles. The van der Waals surface area contributed by atoms with Gasteiger partial charge in [0, 0.05) is 5.38 Å². The first-order valence-corrected chi connectivity index (χ1v) is 8.04. The number of anilines is 2. The molecule has 102 valence electrons. The van der Waals surface area contributed by atoms with Gasteiger partial charge in [-0.2, -0.15) is 0 Å². The van der Waals surface area contributed by atoms with Crippen molar-refractivity contribution in [2.24, 2.45) is 0 Å². The van der Waals surface area contributed by atoms with E-state index in [4.69, 9.17) is 17.3 Å². The van der Waals surface area contributed by atoms with Gasteiger partial charge in [0.1, 0.15) is 0 Å². The second-order valence-electron chi connectivity index (χ2n) is 4.04. The third-order valence-corrected chi connectivity index (χ3v) is 5.24. The summed E-state index contributed by atoms with van der Waals surface area (Å²) in [4.78, 5) is 4.16. The van der Waals surface area contributed by atoms with Crippen LogP contribution in [0.3, 0.4) is 0 Å². The highest BCUT2D eigenvalue weighted by Gasteiger charge is 2.19. The Morgan fingerprint density at radius 2 is 2.05 bits per heavy atom. The number of thiazole rings is 1. The number of rotatable bonds is 3. The molecule has 1 heterocycles. The van der Waals surface area contributed by atoms with Crippen molar-refractivity contribution in [1.29, 1.82) is 0 Å². The number of sulfonamides is 1. The van der Waals surface area contributed by atoms with Crippen molar-refractivity contribution >= 4 is 43.8 Å². The molecule has 2 aromatic rings. The number of nitrogens with two attached hydrogens (primary N) is 1. The Morgan fingerprint density at radius 3 is 2.63 bits per heavy atom. The van der Waals surface area contributed by atoms with Gasteiger partial charge in [-0.15, -0.1) is 11.3 Å². The Balaban J connectivity index is 2.42. The standard InChI is InChI=1S/C11H12ClN3O2S2/c1-6-3-8(12)9(13)4-10(6)19(16,17)15-11-14-7(2)5-18-11/h3-5H,13H2,1-2H3,(H,14,15). The fourth-order valence-electron chi connectivity index (χ4n) is 1.53. The van der Waals surface area contributed by atoms with E-state index in [0.717, 1.165) is 5.69 Å². The van der Waals surface area contributed by atoms with Gasteiger partial charge in [0.05, 0.1) is 21.3 Å². The maximum Gasteiger partial charge on any atom is 0.264 e. The molecular formula is C11H12ClN3O2S2. The topological polar surface area (TPSA) is 85.1 Å². The molecular weight excluding hydrogens is 306 g/mol. The van der Waals surface area contributed by atoms with E-state index in [1.54, 1.807) is 19.2 Å². The van der Waals surface area contributed by atoms with Crippen LogP contribution in [-0.2, 0) is 10.0 Å². The zero-order chi connectivity index (χ0) is 14.2. The molecule has 3 N–H and O–H groups in total. The molecule has 0 aliphatic heterocycles. The Labute approximate surface area is 120 Å². The molecule has 0 spiro atoms. The first-order valence-electron chi connectivity index (χ1n) is 5.30. The first-order chi connectivity index (χ1) is 8.79. The quantitative estimate of drug-likeness (QED) is 0.852. The Kier molecular flexibility index (Phi) is 3.71. The summed E-state index contributed by atoms with van der Waals surface area (Å²) in [6, 6.07) is 2.87. The van der Waals surface area contributed by atoms with E-state index < -0.39 is 10.0 Å². The number of nitrogens with zero attached hydrogens (tertiary/aromatic N) is 1. The van der Waals surface area contributed by atoms with Gasteiger partial charge in [-0.05, 0) is 31.5 Å². The number of halogens is 1. The molecule has 0 radical (unpaired) electrons. The number of hydrogen-bond donors (Lipinski definition) is 2. The van der Waals surface area contributed by atoms with Crippen LogP contribution in [0, 0.1) is 13.8 Å². The number of hydrogen-bond acceptors (Lipinski definition) is 5. The first kappa shape index (κ1) is 14.1. The van der Waals surface area contributed by atoms with Crippen LogP contribution in [0.4, 0.5) is 10.8 Å². The Bertz CT molecular complexity index is 726. The summed E-state index contributed by atoms with van der Waals surface area (Å²) in [7, 11) is -3.71. The highest BCUT2D eigenvalue weighted by atomic mass is 35.5. The predicted molar refractivity (Wildman–Crippen MR) is 78.3 cm³/mol. The van der Waals surface area contributed by atoms with E-state index in [1.807, 2.05) is 0 Å². The lowest BCUT2D eigenvalue weighted by molar-refractivity contribution is 0.600. The largest absolute Gasteiger partial charge is 0.397 e. The normalized spacial score (nSPS) is 11.5. The maximum atomic E-state index is 12.3. The number of nitrogen functional groups attached to an aromatic ring is 1. The molecule has 2 rings (SSSR count). The van der Waals surface area contributed by atoms with Crippen molar-refractivity contribution in [3.05, 3.63) is 33.8 Å². The van der Waals surface area contributed by atoms with Crippen LogP contribution >= 0.6 is 22.9 Å². The van der Waals surface area contributed by atoms with Crippen molar-refractivity contribution in [2.45, 2.75) is 18.7 Å². The molecule has 5 nitrogen and oxygen atoms in total. The second kappa shape index (κ2) is 4.99. The summed E-state index contributed by atoms with van der Waals surface area (Å²) in [6.07, 6.45) is 0. The fourth-order valence-corrected chi connectivity index (χ4v) is 3.95. The van der Waals surface area contributed by atoms with Gasteiger partial charge >= 0.3 is 0 Å². The minimum atomic E-state index is -3.71. The van der Waals surface area contributed by atoms with Crippen molar-refractivity contribution in [3.63, 3.8) is 0 Å². The molecule has 0 amide bonds. The average molecular weight is 318 g/mol. The van der Waals surface area contributed by atoms with E-state index in [1.165, 1.54) is 23.5 Å². The average Bonchev–Trinajstić information content (AvgIpc) is 2.68. The van der Waals surface area contributed by atoms with Gasteiger partial charge in [0.15, 0.2) is 5.13 Å². The molecule has 0 bridgehead atoms. The van der Waals surface area contributed by atoms with Crippen molar-refractivity contribution in [1.82, 2.24) is 4.98 Å². The van der Waals surface area contributed by atoms with Crippen molar-refractivity contribution in [2.75, 3.05) is 10.5 Å². The second-order valence-corrected chi connectivity index (χ2v) is 6.95. The molecule has 0 aliphatic carbocycles. The van der Waals surface area contributed by atoms with Crippen LogP contribution in [0.2, 0.25) is 5.02 Å². The number of benzene rings is 1. The molecule has 8 heteroatoms. The molecule has 0 fully saturated rings. The molecule has 0 saturated carbocycles. The number of aryl methyl sites for hydroxylation is 2. The van der Waals surface area contributed by atoms with Gasteiger partial charge in [0.2, 0.25) is 0 Å². The van der Waals surface area contributed by atoms with Crippen LogP contribution in [0.5, 0.6) is 0 Å². The lowest BCUT2D eigenvalue weighted by Crippen LogP contribution is -2.14. The van der Waals surface area contributed by atoms with Gasteiger partial charge in [-0.3, -0.25) is 4.72 Å². The zero-order valence-corrected chi connectivity index (χ0v) is 12.7. The fraction of sp³-hybridized carbons (Fsp3) is 0.182. The van der Waals surface area contributed by atoms with Gasteiger partial charge in [0.25, 0.3) is 10.0 Å². The van der Waals surface area contributed by atoms with E-state index in [2.05, 4.69) is 9.71 Å². The summed E-state index contributed by atoms with van der Waals surface area (Å²) in [5.74, 6) is 0. The Morgan fingerprint density at radius 1 is 1.37 bits per heavy atom. The van der Waals surface area contributed by atoms with Crippen LogP contribution in [-0.4, -0.2) is 13.4 Å². The van der Waals surface area contributed by atoms with E-state index in [9.17, 15) is 8.42 Å². The van der Waals surface area contributed by atoms with Gasteiger partial charge < -0.3 is 5.73 Å². The lowest BCUT2D eigenvalue weighted by Gasteiger charge is -2.10. The summed E-state index contributed by atoms with van der Waals surface area (Å²) < 4.78 is 26.9. The summed E-state index contributed by atoms with van der Waals surface area (Å²) in [6.45, 7) is 3.45. The predicted octanol–water partition coefficient (Wildman–Crippen LogP) is 2.80. The molecule has 0 unspecified atom stereocenters. The SMILES string of the molecule is Cc1csc(NS(=O)(=O)c2cc(N)c(Cl)cc2C)n1. The molecule has 1 aromatic carbocycles. The summed E-state index contributed by atoms with van der Waals surface area (Å²) in [5.41, 5.74) is 7.16. The number of nitrogens with one attached hydrogen (secondary N) is 1. The smallest absolute Gasteiger partial charge is 0.264 e. The van der Waals surface area contributed by atoms with Crippen LogP contribution in [0.15, 0.2) is 22.4 Å². The maximum absolute atomic E-state index is 12.3. The Hall–Kier alpha value is -1.31. The zero-order valence-electron chi connectivity index (χ0n) is 10.3. The van der Waals surface area contributed by atoms with E-state index >= 15 is 0 Å². The molecule has 0 atom stereocenters. The van der Waals surface area contributed by atoms with Crippen LogP contribution < -0.4 is 10.5 Å². The monoisotopic (exact) mass is 317 g/mol. The highest BCUT2D eigenvalue weighted by molar-refractivity contribution is 7.93. The third kappa shape index (κ3) is 2.99. The van der Waals surface area contributed by atoms with E-state index in [-0.39, 0.29) is 10.6 Å². The molecule has 19 heavy (non-hydrogen) atoms. The lowest BCUT2D eigenvalue weighted by atomic mass is 10.2. The summed E-state index contributed by atoms with van der Waals surface area (Å²) in [5, 5.41) is 2.42. The van der Waals surface area contributed by atoms with Crippen molar-refractivity contribution in [3.8, 4) is 0 Å². The molecule has 1 aromatic heterocycles. The highest BCUT2D eigenvalue weighted by Crippen LogP contribution is 2.28. The molecule has 0 aliphatic rings. The summed E-state index contributed by atoms with van der Waals surface area (Å²) >= 11 is 7.07. The van der Waals surface area contributed by atoms with E-state index in [0.29, 0.717) is 15.7 Å². The van der Waals surface area contributed by atoms with Crippen LogP contribution in [0.25, 0.3) is 0 Å². The van der Waals surface area contributed by atoms with Crippen molar-refractivity contribution < 1.29 is 8.42 Å². The number of aromatic nitrogens is 1. The minimum Gasteiger partial charge on any atom is -0.397 e.